The predicted octanol–water partition coefficient (Wildman–Crippen LogP) is 2.65. The fraction of sp³-hybridized carbons (Fsp3) is 0.0667. The average Bonchev–Trinajstić information content (AvgIpc) is 2.76. The Kier molecular flexibility index (Phi) is 2.38. The monoisotopic (exact) mass is 254 g/mol. The fourth-order valence-electron chi connectivity index (χ4n) is 2.64. The van der Waals surface area contributed by atoms with E-state index < -0.39 is 11.9 Å². The first kappa shape index (κ1) is 11.5. The third-order valence-electron chi connectivity index (χ3n) is 3.46. The minimum absolute atomic E-state index is 0.241. The highest BCUT2D eigenvalue weighted by atomic mass is 16.4. The molecule has 19 heavy (non-hydrogen) atoms. The van der Waals surface area contributed by atoms with Gasteiger partial charge >= 0.3 is 11.9 Å². The third kappa shape index (κ3) is 1.61. The van der Waals surface area contributed by atoms with Gasteiger partial charge in [-0.1, -0.05) is 24.3 Å². The summed E-state index contributed by atoms with van der Waals surface area (Å²) in [6.07, 6.45) is 0.357. The Balaban J connectivity index is 2.27. The predicted molar refractivity (Wildman–Crippen MR) is 68.6 cm³/mol. The van der Waals surface area contributed by atoms with Gasteiger partial charge in [0.15, 0.2) is 0 Å². The molecule has 0 unspecified atom stereocenters. The Morgan fingerprint density at radius 3 is 1.58 bits per heavy atom. The van der Waals surface area contributed by atoms with E-state index in [0.29, 0.717) is 17.5 Å². The Hall–Kier alpha value is -2.62. The van der Waals surface area contributed by atoms with E-state index in [0.717, 1.165) is 11.1 Å². The van der Waals surface area contributed by atoms with Crippen molar-refractivity contribution in [3.05, 3.63) is 58.7 Å². The van der Waals surface area contributed by atoms with Gasteiger partial charge in [0, 0.05) is 6.42 Å². The van der Waals surface area contributed by atoms with Gasteiger partial charge < -0.3 is 10.2 Å². The largest absolute Gasteiger partial charge is 0.478 e. The van der Waals surface area contributed by atoms with Crippen molar-refractivity contribution in [2.75, 3.05) is 0 Å². The third-order valence-corrected chi connectivity index (χ3v) is 3.46. The maximum atomic E-state index is 11.2. The lowest BCUT2D eigenvalue weighted by Crippen LogP contribution is -2.03. The Bertz CT molecular complexity index is 655. The van der Waals surface area contributed by atoms with E-state index in [9.17, 15) is 19.8 Å². The summed E-state index contributed by atoms with van der Waals surface area (Å²) in [7, 11) is 0. The summed E-state index contributed by atoms with van der Waals surface area (Å²) in [4.78, 5) is 22.4. The van der Waals surface area contributed by atoms with Crippen LogP contribution in [0.5, 0.6) is 0 Å². The Morgan fingerprint density at radius 1 is 0.789 bits per heavy atom. The van der Waals surface area contributed by atoms with Crippen LogP contribution in [-0.4, -0.2) is 22.2 Å². The average molecular weight is 254 g/mol. The van der Waals surface area contributed by atoms with Gasteiger partial charge in [-0.3, -0.25) is 0 Å². The van der Waals surface area contributed by atoms with E-state index in [1.54, 1.807) is 24.3 Å². The van der Waals surface area contributed by atoms with Crippen LogP contribution in [0.25, 0.3) is 11.1 Å². The van der Waals surface area contributed by atoms with Crippen molar-refractivity contribution in [1.82, 2.24) is 0 Å². The molecule has 0 amide bonds. The molecule has 2 aromatic carbocycles. The topological polar surface area (TPSA) is 74.6 Å². The zero-order chi connectivity index (χ0) is 13.6. The van der Waals surface area contributed by atoms with Crippen LogP contribution in [0.15, 0.2) is 36.4 Å². The van der Waals surface area contributed by atoms with Gasteiger partial charge in [-0.25, -0.2) is 9.59 Å². The number of hydrogen-bond acceptors (Lipinski definition) is 2. The van der Waals surface area contributed by atoms with E-state index >= 15 is 0 Å². The summed E-state index contributed by atoms with van der Waals surface area (Å²) in [6.45, 7) is 0. The Labute approximate surface area is 108 Å². The standard InChI is InChI=1S/C15H10O4/c16-14(17)10-5-1-3-8-9-4-2-6-11(15(18)19)13(9)7-12(8)10/h1-6H,7H2,(H,16,17)(H,18,19). The van der Waals surface area contributed by atoms with Crippen LogP contribution >= 0.6 is 0 Å². The molecule has 0 radical (unpaired) electrons. The number of carboxylic acid groups (broad SMARTS) is 2. The molecule has 94 valence electrons. The van der Waals surface area contributed by atoms with Crippen molar-refractivity contribution in [2.45, 2.75) is 6.42 Å². The normalized spacial score (nSPS) is 11.8. The second-order valence-corrected chi connectivity index (χ2v) is 4.45. The molecule has 0 saturated heterocycles. The molecular weight excluding hydrogens is 244 g/mol. The highest BCUT2D eigenvalue weighted by Crippen LogP contribution is 2.39. The number of benzene rings is 2. The van der Waals surface area contributed by atoms with Gasteiger partial charge in [0.2, 0.25) is 0 Å². The first-order chi connectivity index (χ1) is 9.09. The molecule has 4 heteroatoms. The van der Waals surface area contributed by atoms with E-state index in [4.69, 9.17) is 0 Å². The minimum Gasteiger partial charge on any atom is -0.478 e. The highest BCUT2D eigenvalue weighted by Gasteiger charge is 2.26. The van der Waals surface area contributed by atoms with Crippen molar-refractivity contribution in [1.29, 1.82) is 0 Å². The molecular formula is C15H10O4. The molecule has 0 spiro atoms. The SMILES string of the molecule is O=C(O)c1cccc2c1Cc1c(C(=O)O)cccc1-2. The van der Waals surface area contributed by atoms with Crippen LogP contribution in [0.1, 0.15) is 31.8 Å². The van der Waals surface area contributed by atoms with Crippen LogP contribution < -0.4 is 0 Å². The molecule has 0 bridgehead atoms. The van der Waals surface area contributed by atoms with Gasteiger partial charge in [-0.15, -0.1) is 0 Å². The van der Waals surface area contributed by atoms with Gasteiger partial charge in [0.1, 0.15) is 0 Å². The van der Waals surface area contributed by atoms with E-state index in [1.807, 2.05) is 12.1 Å². The van der Waals surface area contributed by atoms with E-state index in [1.165, 1.54) is 0 Å². The van der Waals surface area contributed by atoms with Gasteiger partial charge in [0.25, 0.3) is 0 Å². The number of carbonyl (C=O) groups is 2. The van der Waals surface area contributed by atoms with Crippen LogP contribution in [0, 0.1) is 0 Å². The quantitative estimate of drug-likeness (QED) is 0.737. The number of hydrogen-bond donors (Lipinski definition) is 2. The molecule has 3 rings (SSSR count). The molecule has 2 aromatic rings. The van der Waals surface area contributed by atoms with Crippen LogP contribution in [0.3, 0.4) is 0 Å². The summed E-state index contributed by atoms with van der Waals surface area (Å²) in [5.41, 5.74) is 3.50. The number of carboxylic acids is 2. The second-order valence-electron chi connectivity index (χ2n) is 4.45. The smallest absolute Gasteiger partial charge is 0.335 e. The molecule has 1 aliphatic rings. The number of fused-ring (bicyclic) bond motifs is 3. The summed E-state index contributed by atoms with van der Waals surface area (Å²) in [6, 6.07) is 10.1. The molecule has 0 fully saturated rings. The molecule has 0 heterocycles. The Morgan fingerprint density at radius 2 is 1.21 bits per heavy atom. The van der Waals surface area contributed by atoms with E-state index in [-0.39, 0.29) is 11.1 Å². The molecule has 4 nitrogen and oxygen atoms in total. The molecule has 2 N–H and O–H groups in total. The maximum absolute atomic E-state index is 11.2. The highest BCUT2D eigenvalue weighted by molar-refractivity contribution is 5.98. The second kappa shape index (κ2) is 3.95. The molecule has 0 atom stereocenters. The van der Waals surface area contributed by atoms with Crippen molar-refractivity contribution in [3.8, 4) is 11.1 Å². The van der Waals surface area contributed by atoms with Gasteiger partial charge in [-0.2, -0.15) is 0 Å². The minimum atomic E-state index is -0.985. The molecule has 0 aliphatic heterocycles. The lowest BCUT2D eigenvalue weighted by Gasteiger charge is -2.03. The molecule has 0 saturated carbocycles. The summed E-state index contributed by atoms with van der Waals surface area (Å²) in [5, 5.41) is 18.4. The van der Waals surface area contributed by atoms with Gasteiger partial charge in [-0.05, 0) is 34.4 Å². The number of rotatable bonds is 2. The van der Waals surface area contributed by atoms with Crippen molar-refractivity contribution >= 4 is 11.9 Å². The first-order valence-electron chi connectivity index (χ1n) is 5.80. The van der Waals surface area contributed by atoms with E-state index in [2.05, 4.69) is 0 Å². The molecule has 0 aromatic heterocycles. The molecule has 1 aliphatic carbocycles. The summed E-state index contributed by atoms with van der Waals surface area (Å²) < 4.78 is 0. The van der Waals surface area contributed by atoms with Crippen LogP contribution in [0.4, 0.5) is 0 Å². The zero-order valence-corrected chi connectivity index (χ0v) is 9.88. The van der Waals surface area contributed by atoms with Crippen LogP contribution in [0.2, 0.25) is 0 Å². The fourth-order valence-corrected chi connectivity index (χ4v) is 2.64. The number of aromatic carboxylic acids is 2. The lowest BCUT2D eigenvalue weighted by atomic mass is 10.0. The lowest BCUT2D eigenvalue weighted by molar-refractivity contribution is 0.0686. The zero-order valence-electron chi connectivity index (χ0n) is 9.88. The van der Waals surface area contributed by atoms with Gasteiger partial charge in [0.05, 0.1) is 11.1 Å². The summed E-state index contributed by atoms with van der Waals surface area (Å²) in [5.74, 6) is -1.97. The maximum Gasteiger partial charge on any atom is 0.335 e. The summed E-state index contributed by atoms with van der Waals surface area (Å²) >= 11 is 0. The first-order valence-corrected chi connectivity index (χ1v) is 5.80. The van der Waals surface area contributed by atoms with Crippen molar-refractivity contribution < 1.29 is 19.8 Å². The van der Waals surface area contributed by atoms with Crippen molar-refractivity contribution in [3.63, 3.8) is 0 Å². The van der Waals surface area contributed by atoms with Crippen LogP contribution in [-0.2, 0) is 6.42 Å². The van der Waals surface area contributed by atoms with Crippen molar-refractivity contribution in [2.24, 2.45) is 0 Å².